The molecule has 1 unspecified atom stereocenters. The van der Waals surface area contributed by atoms with E-state index in [0.29, 0.717) is 13.0 Å². The van der Waals surface area contributed by atoms with Crippen LogP contribution in [0.15, 0.2) is 30.3 Å². The van der Waals surface area contributed by atoms with Gasteiger partial charge in [-0.05, 0) is 30.2 Å². The number of carbonyl (C=O) groups excluding carboxylic acids is 7. The molecule has 340 valence electrons. The number of carboxylic acid groups (broad SMARTS) is 2. The van der Waals surface area contributed by atoms with Crippen LogP contribution in [0.2, 0.25) is 0 Å². The zero-order valence-corrected chi connectivity index (χ0v) is 35.8. The summed E-state index contributed by atoms with van der Waals surface area (Å²) in [6, 6.07) is 1.55. The Morgan fingerprint density at radius 3 is 2.07 bits per heavy atom. The number of hydrazine groups is 2. The SMILES string of the molecule is CCCC(=O)N(NCC)NC(=O)[C@@H]1C[C@@H](OCc2ccccc2)CN1C(=O)[C@@H](NC(=O)[C@H](C(C)CC)N(O)C(=O)[C@@H](CCC(=O)O)NC(=O)[C@H](CC(=O)O)NC(C)=O)C(C)C. The number of benzene rings is 1. The van der Waals surface area contributed by atoms with Crippen LogP contribution in [-0.2, 0) is 54.5 Å². The monoisotopic (exact) mass is 862 g/mol. The number of carboxylic acids is 2. The lowest BCUT2D eigenvalue weighted by molar-refractivity contribution is -0.187. The topological polar surface area (TPSA) is 293 Å². The molecule has 1 fully saturated rings. The first kappa shape index (κ1) is 51.5. The smallest absolute Gasteiger partial charge is 0.305 e. The third kappa shape index (κ3) is 16.0. The summed E-state index contributed by atoms with van der Waals surface area (Å²) in [6.07, 6.45) is -1.95. The van der Waals surface area contributed by atoms with E-state index in [2.05, 4.69) is 26.8 Å². The first-order valence-electron chi connectivity index (χ1n) is 20.4. The molecule has 0 aliphatic carbocycles. The lowest BCUT2D eigenvalue weighted by Crippen LogP contribution is -2.62. The zero-order valence-electron chi connectivity index (χ0n) is 35.8. The van der Waals surface area contributed by atoms with Crippen molar-refractivity contribution in [1.29, 1.82) is 0 Å². The second kappa shape index (κ2) is 25.2. The minimum atomic E-state index is -1.80. The highest BCUT2D eigenvalue weighted by Gasteiger charge is 2.45. The molecule has 0 saturated carbocycles. The largest absolute Gasteiger partial charge is 0.481 e. The molecule has 8 N–H and O–H groups in total. The van der Waals surface area contributed by atoms with Gasteiger partial charge in [0.2, 0.25) is 23.6 Å². The maximum atomic E-state index is 14.5. The lowest BCUT2D eigenvalue weighted by Gasteiger charge is -2.35. The van der Waals surface area contributed by atoms with Gasteiger partial charge in [0.05, 0.1) is 19.1 Å². The van der Waals surface area contributed by atoms with Crippen LogP contribution in [-0.4, -0.2) is 133 Å². The normalized spacial score (nSPS) is 17.2. The Balaban J connectivity index is 2.47. The Labute approximate surface area is 355 Å². The van der Waals surface area contributed by atoms with E-state index in [0.717, 1.165) is 17.6 Å². The Morgan fingerprint density at radius 1 is 0.869 bits per heavy atom. The van der Waals surface area contributed by atoms with Crippen LogP contribution in [0.25, 0.3) is 0 Å². The molecule has 2 rings (SSSR count). The van der Waals surface area contributed by atoms with Gasteiger partial charge >= 0.3 is 11.9 Å². The minimum Gasteiger partial charge on any atom is -0.481 e. The number of hydrogen-bond acceptors (Lipinski definition) is 12. The molecule has 21 heteroatoms. The molecule has 1 aliphatic heterocycles. The molecule has 1 aromatic carbocycles. The molecule has 61 heavy (non-hydrogen) atoms. The molecule has 0 spiro atoms. The van der Waals surface area contributed by atoms with Gasteiger partial charge in [0.25, 0.3) is 17.7 Å². The molecule has 0 bridgehead atoms. The third-order valence-corrected chi connectivity index (χ3v) is 9.93. The van der Waals surface area contributed by atoms with E-state index in [4.69, 9.17) is 4.74 Å². The van der Waals surface area contributed by atoms with Crippen LogP contribution in [0.1, 0.15) is 99.0 Å². The standard InChI is InChI=1S/C40H62N8O13/c1-8-14-31(50)48(41-10-3)45-37(56)30-19-27(61-22-26-15-12-11-13-16-26)21-46(30)40(59)34(23(4)5)44-38(57)35(24(6)9-2)47(60)39(58)28(17-18-32(51)52)43-36(55)29(20-33(53)54)42-25(7)49/h11-13,15-16,23-24,27-30,34-35,41,60H,8-10,14,17-22H2,1-7H3,(H,42,49)(H,43,55)(H,44,57)(H,45,56)(H,51,52)(H,53,54)/t24?,27-,28-,29+,30+,34+,35+/m1/s1. The van der Waals surface area contributed by atoms with E-state index in [1.165, 1.54) is 11.8 Å². The van der Waals surface area contributed by atoms with Crippen molar-refractivity contribution in [3.05, 3.63) is 35.9 Å². The summed E-state index contributed by atoms with van der Waals surface area (Å²) in [5.41, 5.74) is 6.22. The fraction of sp³-hybridized carbons (Fsp3) is 0.625. The van der Waals surface area contributed by atoms with E-state index in [-0.39, 0.29) is 37.5 Å². The molecule has 1 saturated heterocycles. The average molecular weight is 863 g/mol. The van der Waals surface area contributed by atoms with Crippen molar-refractivity contribution in [2.45, 2.75) is 136 Å². The van der Waals surface area contributed by atoms with Gasteiger partial charge in [0, 0.05) is 39.3 Å². The van der Waals surface area contributed by atoms with E-state index >= 15 is 0 Å². The van der Waals surface area contributed by atoms with Gasteiger partial charge in [-0.15, -0.1) is 0 Å². The molecule has 1 heterocycles. The molecule has 1 aromatic rings. The molecule has 7 amide bonds. The first-order chi connectivity index (χ1) is 28.7. The maximum Gasteiger partial charge on any atom is 0.305 e. The van der Waals surface area contributed by atoms with Crippen molar-refractivity contribution in [3.8, 4) is 0 Å². The van der Waals surface area contributed by atoms with Crippen molar-refractivity contribution < 1.29 is 63.3 Å². The zero-order chi connectivity index (χ0) is 46.0. The van der Waals surface area contributed by atoms with Crippen LogP contribution < -0.4 is 26.8 Å². The highest BCUT2D eigenvalue weighted by atomic mass is 16.5. The Morgan fingerprint density at radius 2 is 1.52 bits per heavy atom. The predicted molar refractivity (Wildman–Crippen MR) is 216 cm³/mol. The van der Waals surface area contributed by atoms with Crippen LogP contribution in [0, 0.1) is 11.8 Å². The van der Waals surface area contributed by atoms with Crippen LogP contribution in [0.4, 0.5) is 0 Å². The second-order valence-corrected chi connectivity index (χ2v) is 15.2. The summed E-state index contributed by atoms with van der Waals surface area (Å²) < 4.78 is 6.14. The number of hydrogen-bond donors (Lipinski definition) is 8. The van der Waals surface area contributed by atoms with Gasteiger partial charge in [-0.1, -0.05) is 78.3 Å². The van der Waals surface area contributed by atoms with Crippen LogP contribution in [0.3, 0.4) is 0 Å². The summed E-state index contributed by atoms with van der Waals surface area (Å²) >= 11 is 0. The summed E-state index contributed by atoms with van der Waals surface area (Å²) in [4.78, 5) is 118. The van der Waals surface area contributed by atoms with Gasteiger partial charge < -0.3 is 35.8 Å². The van der Waals surface area contributed by atoms with Crippen molar-refractivity contribution in [2.24, 2.45) is 11.8 Å². The fourth-order valence-corrected chi connectivity index (χ4v) is 6.55. The number of nitrogens with zero attached hydrogens (tertiary/aromatic N) is 3. The number of amides is 7. The predicted octanol–water partition coefficient (Wildman–Crippen LogP) is 0.459. The number of rotatable bonds is 24. The quantitative estimate of drug-likeness (QED) is 0.0518. The lowest BCUT2D eigenvalue weighted by atomic mass is 9.95. The van der Waals surface area contributed by atoms with E-state index in [1.54, 1.807) is 34.6 Å². The van der Waals surface area contributed by atoms with Gasteiger partial charge in [0.1, 0.15) is 30.2 Å². The molecule has 21 nitrogen and oxygen atoms in total. The van der Waals surface area contributed by atoms with Crippen molar-refractivity contribution in [1.82, 2.24) is 41.9 Å². The summed E-state index contributed by atoms with van der Waals surface area (Å²) in [6.45, 7) is 11.4. The number of aliphatic carboxylic acids is 2. The van der Waals surface area contributed by atoms with Gasteiger partial charge in [0.15, 0.2) is 0 Å². The Hall–Kier alpha value is -5.67. The summed E-state index contributed by atoms with van der Waals surface area (Å²) in [5, 5.41) is 38.0. The molecular formula is C40H62N8O13. The maximum absolute atomic E-state index is 14.5. The highest BCUT2D eigenvalue weighted by molar-refractivity contribution is 5.97. The highest BCUT2D eigenvalue weighted by Crippen LogP contribution is 2.25. The van der Waals surface area contributed by atoms with Crippen molar-refractivity contribution >= 4 is 53.3 Å². The molecule has 0 aromatic heterocycles. The van der Waals surface area contributed by atoms with Gasteiger partial charge in [-0.25, -0.2) is 15.9 Å². The van der Waals surface area contributed by atoms with Gasteiger partial charge in [-0.2, -0.15) is 5.12 Å². The second-order valence-electron chi connectivity index (χ2n) is 15.2. The summed E-state index contributed by atoms with van der Waals surface area (Å²) in [7, 11) is 0. The van der Waals surface area contributed by atoms with Crippen LogP contribution in [0.5, 0.6) is 0 Å². The first-order valence-corrected chi connectivity index (χ1v) is 20.4. The third-order valence-electron chi connectivity index (χ3n) is 9.93. The molecular weight excluding hydrogens is 800 g/mol. The number of carbonyl (C=O) groups is 9. The number of likely N-dealkylation sites (tertiary alicyclic amines) is 1. The van der Waals surface area contributed by atoms with E-state index in [1.807, 2.05) is 30.3 Å². The van der Waals surface area contributed by atoms with Crippen LogP contribution >= 0.6 is 0 Å². The molecule has 0 radical (unpaired) electrons. The Bertz CT molecular complexity index is 1680. The van der Waals surface area contributed by atoms with Crippen molar-refractivity contribution in [2.75, 3.05) is 13.1 Å². The number of nitrogens with one attached hydrogen (secondary N) is 5. The van der Waals surface area contributed by atoms with E-state index in [9.17, 15) is 58.6 Å². The Kier molecular flexibility index (Phi) is 21.2. The average Bonchev–Trinajstić information content (AvgIpc) is 3.64. The summed E-state index contributed by atoms with van der Waals surface area (Å²) in [5.74, 6) is -10.3. The molecule has 1 aliphatic rings. The van der Waals surface area contributed by atoms with Crippen molar-refractivity contribution in [3.63, 3.8) is 0 Å². The van der Waals surface area contributed by atoms with Gasteiger partial charge in [-0.3, -0.25) is 48.4 Å². The fourth-order valence-electron chi connectivity index (χ4n) is 6.55. The van der Waals surface area contributed by atoms with E-state index < -0.39 is 121 Å². The number of hydroxylamine groups is 2. The molecule has 7 atom stereocenters. The minimum absolute atomic E-state index is 0.0399. The number of ether oxygens (including phenoxy) is 1.